The number of nitro groups is 1. The van der Waals surface area contributed by atoms with Crippen LogP contribution in [0.1, 0.15) is 38.7 Å². The highest BCUT2D eigenvalue weighted by atomic mass is 16.8. The summed E-state index contributed by atoms with van der Waals surface area (Å²) in [5, 5.41) is 18.9. The summed E-state index contributed by atoms with van der Waals surface area (Å²) in [5.74, 6) is -0.706. The van der Waals surface area contributed by atoms with Crippen LogP contribution in [-0.2, 0) is 21.0 Å². The molecule has 0 aliphatic heterocycles. The van der Waals surface area contributed by atoms with E-state index in [4.69, 9.17) is 9.57 Å². The van der Waals surface area contributed by atoms with E-state index in [2.05, 4.69) is 20.4 Å². The third-order valence-corrected chi connectivity index (χ3v) is 6.14. The summed E-state index contributed by atoms with van der Waals surface area (Å²) < 4.78 is 5.06. The highest BCUT2D eigenvalue weighted by Gasteiger charge is 2.37. The van der Waals surface area contributed by atoms with Gasteiger partial charge < -0.3 is 15.0 Å². The molecule has 1 unspecified atom stereocenters. The summed E-state index contributed by atoms with van der Waals surface area (Å²) in [4.78, 5) is 48.8. The molecule has 2 heterocycles. The maximum atomic E-state index is 13.3. The van der Waals surface area contributed by atoms with Crippen LogP contribution in [0, 0.1) is 15.5 Å². The Kier molecular flexibility index (Phi) is 7.61. The molecular formula is C26H27N5O6. The number of ether oxygens (including phenoxy) is 1. The van der Waals surface area contributed by atoms with Gasteiger partial charge in [0.15, 0.2) is 5.71 Å². The minimum absolute atomic E-state index is 0.0438. The van der Waals surface area contributed by atoms with Crippen molar-refractivity contribution in [3.63, 3.8) is 0 Å². The topological polar surface area (TPSA) is 149 Å². The van der Waals surface area contributed by atoms with E-state index < -0.39 is 18.1 Å². The Morgan fingerprint density at radius 2 is 2.05 bits per heavy atom. The second-order valence-electron chi connectivity index (χ2n) is 9.54. The molecule has 1 amide bonds. The lowest BCUT2D eigenvalue weighted by molar-refractivity contribution is -0.515. The Bertz CT molecular complexity index is 1360. The molecule has 0 saturated heterocycles. The molecule has 11 heteroatoms. The Morgan fingerprint density at radius 3 is 2.81 bits per heavy atom. The van der Waals surface area contributed by atoms with E-state index in [1.807, 2.05) is 19.9 Å². The highest BCUT2D eigenvalue weighted by molar-refractivity contribution is 6.47. The first-order valence-electron chi connectivity index (χ1n) is 11.7. The number of carbonyl (C=O) groups is 2. The smallest absolute Gasteiger partial charge is 0.428 e. The SMILES string of the molecule is CC1(C)CCC([N+](=O)[O-])/C(=C/C(=N\OC(=O)OCc2ccccc2)C(=O)Nc2ccnc3[nH]ccc23)C1. The fourth-order valence-corrected chi connectivity index (χ4v) is 4.25. The van der Waals surface area contributed by atoms with Gasteiger partial charge in [0.1, 0.15) is 12.3 Å². The Labute approximate surface area is 212 Å². The summed E-state index contributed by atoms with van der Waals surface area (Å²) in [7, 11) is 0. The second kappa shape index (κ2) is 11.0. The number of benzene rings is 1. The number of oxime groups is 1. The van der Waals surface area contributed by atoms with E-state index in [-0.39, 0.29) is 22.7 Å². The zero-order valence-corrected chi connectivity index (χ0v) is 20.5. The van der Waals surface area contributed by atoms with Gasteiger partial charge in [-0.2, -0.15) is 0 Å². The molecule has 1 atom stereocenters. The summed E-state index contributed by atoms with van der Waals surface area (Å²) in [5.41, 5.74) is 1.70. The molecule has 0 spiro atoms. The first kappa shape index (κ1) is 25.5. The van der Waals surface area contributed by atoms with Gasteiger partial charge in [0.2, 0.25) is 6.04 Å². The zero-order valence-electron chi connectivity index (χ0n) is 20.5. The number of pyridine rings is 1. The van der Waals surface area contributed by atoms with Gasteiger partial charge in [-0.25, -0.2) is 9.78 Å². The number of hydrogen-bond acceptors (Lipinski definition) is 8. The molecule has 11 nitrogen and oxygen atoms in total. The van der Waals surface area contributed by atoms with Crippen LogP contribution in [0.25, 0.3) is 11.0 Å². The van der Waals surface area contributed by atoms with Gasteiger partial charge in [-0.3, -0.25) is 19.7 Å². The predicted octanol–water partition coefficient (Wildman–Crippen LogP) is 4.99. The van der Waals surface area contributed by atoms with Crippen molar-refractivity contribution < 1.29 is 24.1 Å². The molecular weight excluding hydrogens is 478 g/mol. The third kappa shape index (κ3) is 6.57. The van der Waals surface area contributed by atoms with E-state index in [0.717, 1.165) is 5.56 Å². The Hall–Kier alpha value is -4.54. The molecule has 4 rings (SSSR count). The number of hydrogen-bond donors (Lipinski definition) is 2. The normalized spacial score (nSPS) is 18.4. The van der Waals surface area contributed by atoms with Crippen molar-refractivity contribution in [2.45, 2.75) is 45.8 Å². The molecule has 2 N–H and O–H groups in total. The summed E-state index contributed by atoms with van der Waals surface area (Å²) in [6.45, 7) is 3.97. The van der Waals surface area contributed by atoms with Crippen molar-refractivity contribution in [2.75, 3.05) is 5.32 Å². The van der Waals surface area contributed by atoms with E-state index in [1.165, 1.54) is 12.3 Å². The number of H-pyrrole nitrogens is 1. The van der Waals surface area contributed by atoms with Crippen molar-refractivity contribution in [2.24, 2.45) is 10.6 Å². The van der Waals surface area contributed by atoms with E-state index in [9.17, 15) is 19.7 Å². The van der Waals surface area contributed by atoms with E-state index in [0.29, 0.717) is 41.6 Å². The van der Waals surface area contributed by atoms with Crippen molar-refractivity contribution in [3.8, 4) is 0 Å². The molecule has 1 aliphatic carbocycles. The molecule has 0 radical (unpaired) electrons. The van der Waals surface area contributed by atoms with Crippen molar-refractivity contribution in [1.29, 1.82) is 0 Å². The lowest BCUT2D eigenvalue weighted by atomic mass is 9.72. The predicted molar refractivity (Wildman–Crippen MR) is 136 cm³/mol. The average Bonchev–Trinajstić information content (AvgIpc) is 3.35. The summed E-state index contributed by atoms with van der Waals surface area (Å²) in [6, 6.07) is 11.4. The molecule has 0 bridgehead atoms. The number of carbonyl (C=O) groups excluding carboxylic acids is 2. The van der Waals surface area contributed by atoms with Crippen LogP contribution in [-0.4, -0.2) is 38.7 Å². The molecule has 1 aromatic carbocycles. The zero-order chi connectivity index (χ0) is 26.4. The Morgan fingerprint density at radius 1 is 1.27 bits per heavy atom. The fraction of sp³-hybridized carbons (Fsp3) is 0.308. The van der Waals surface area contributed by atoms with Crippen molar-refractivity contribution in [3.05, 3.63) is 82.2 Å². The fourth-order valence-electron chi connectivity index (χ4n) is 4.25. The van der Waals surface area contributed by atoms with Gasteiger partial charge in [0, 0.05) is 34.7 Å². The molecule has 1 fully saturated rings. The van der Waals surface area contributed by atoms with Crippen LogP contribution in [0.4, 0.5) is 10.5 Å². The van der Waals surface area contributed by atoms with Gasteiger partial charge in [-0.1, -0.05) is 49.3 Å². The lowest BCUT2D eigenvalue weighted by Gasteiger charge is -2.32. The van der Waals surface area contributed by atoms with Gasteiger partial charge in [0.05, 0.1) is 5.69 Å². The number of nitrogens with one attached hydrogen (secondary N) is 2. The Balaban J connectivity index is 1.59. The van der Waals surface area contributed by atoms with Gasteiger partial charge in [-0.15, -0.1) is 0 Å². The quantitative estimate of drug-likeness (QED) is 0.151. The van der Waals surface area contributed by atoms with Crippen molar-refractivity contribution in [1.82, 2.24) is 9.97 Å². The first-order chi connectivity index (χ1) is 17.7. The van der Waals surface area contributed by atoms with Crippen LogP contribution < -0.4 is 5.32 Å². The summed E-state index contributed by atoms with van der Waals surface area (Å²) >= 11 is 0. The van der Waals surface area contributed by atoms with Crippen LogP contribution >= 0.6 is 0 Å². The van der Waals surface area contributed by atoms with Crippen LogP contribution in [0.15, 0.2) is 71.7 Å². The van der Waals surface area contributed by atoms with Crippen LogP contribution in [0.2, 0.25) is 0 Å². The number of aromatic amines is 1. The number of anilines is 1. The maximum Gasteiger partial charge on any atom is 0.535 e. The van der Waals surface area contributed by atoms with Gasteiger partial charge in [0.25, 0.3) is 5.91 Å². The number of aromatic nitrogens is 2. The largest absolute Gasteiger partial charge is 0.535 e. The standard InChI is InChI=1S/C26H27N5O6/c1-26(2)11-8-22(31(34)35)18(15-26)14-21(30-37-25(33)36-16-17-6-4-3-5-7-17)24(32)29-20-10-13-28-23-19(20)9-12-27-23/h3-7,9-10,12-14,22H,8,11,15-16H2,1-2H3,(H2,27,28,29,32)/b18-14+,30-21+. The lowest BCUT2D eigenvalue weighted by Crippen LogP contribution is -2.34. The van der Waals surface area contributed by atoms with E-state index >= 15 is 0 Å². The molecule has 37 heavy (non-hydrogen) atoms. The number of amides is 1. The summed E-state index contributed by atoms with van der Waals surface area (Å²) in [6.07, 6.45) is 4.81. The monoisotopic (exact) mass is 505 g/mol. The van der Waals surface area contributed by atoms with Crippen LogP contribution in [0.3, 0.4) is 0 Å². The highest BCUT2D eigenvalue weighted by Crippen LogP contribution is 2.39. The van der Waals surface area contributed by atoms with Gasteiger partial charge >= 0.3 is 6.16 Å². The maximum absolute atomic E-state index is 13.3. The molecule has 192 valence electrons. The van der Waals surface area contributed by atoms with Gasteiger partial charge in [-0.05, 0) is 42.0 Å². The molecule has 2 aromatic heterocycles. The molecule has 3 aromatic rings. The van der Waals surface area contributed by atoms with E-state index in [1.54, 1.807) is 42.6 Å². The second-order valence-corrected chi connectivity index (χ2v) is 9.54. The average molecular weight is 506 g/mol. The minimum atomic E-state index is -1.11. The molecule has 1 aliphatic rings. The number of nitrogens with zero attached hydrogens (tertiary/aromatic N) is 3. The van der Waals surface area contributed by atoms with Crippen molar-refractivity contribution >= 4 is 34.5 Å². The van der Waals surface area contributed by atoms with Crippen LogP contribution in [0.5, 0.6) is 0 Å². The molecule has 1 saturated carbocycles. The first-order valence-corrected chi connectivity index (χ1v) is 11.7. The number of fused-ring (bicyclic) bond motifs is 1. The third-order valence-electron chi connectivity index (χ3n) is 6.14. The number of rotatable bonds is 7. The minimum Gasteiger partial charge on any atom is -0.428 e.